The number of thiol groups is 1. The van der Waals surface area contributed by atoms with E-state index >= 15 is 0 Å². The molecule has 0 aromatic heterocycles. The van der Waals surface area contributed by atoms with Gasteiger partial charge in [0.25, 0.3) is 0 Å². The van der Waals surface area contributed by atoms with Gasteiger partial charge in [0, 0.05) is 13.1 Å². The largest absolute Gasteiger partial charge is 0.374 e. The maximum atomic E-state index is 5.66. The molecule has 1 aromatic carbocycles. The van der Waals surface area contributed by atoms with Gasteiger partial charge in [0.05, 0.1) is 18.0 Å². The van der Waals surface area contributed by atoms with Crippen molar-refractivity contribution in [1.29, 1.82) is 0 Å². The zero-order chi connectivity index (χ0) is 9.80. The minimum atomic E-state index is 0.170. The molecule has 1 fully saturated rings. The Kier molecular flexibility index (Phi) is 3.45. The van der Waals surface area contributed by atoms with Gasteiger partial charge in [-0.1, -0.05) is 30.3 Å². The third-order valence-corrected chi connectivity index (χ3v) is 3.08. The van der Waals surface area contributed by atoms with Crippen molar-refractivity contribution in [2.45, 2.75) is 11.4 Å². The van der Waals surface area contributed by atoms with E-state index in [1.807, 2.05) is 18.2 Å². The monoisotopic (exact) mass is 209 g/mol. The molecule has 2 atom stereocenters. The lowest BCUT2D eigenvalue weighted by atomic mass is 10.1. The Morgan fingerprint density at radius 3 is 2.79 bits per heavy atom. The number of nitrogens with one attached hydrogen (secondary N) is 1. The molecule has 1 aliphatic heterocycles. The molecule has 0 amide bonds. The second-order valence-electron chi connectivity index (χ2n) is 3.47. The molecule has 1 aliphatic rings. The summed E-state index contributed by atoms with van der Waals surface area (Å²) in [5.74, 6) is 0. The average molecular weight is 209 g/mol. The summed E-state index contributed by atoms with van der Waals surface area (Å²) in [6, 6.07) is 10.3. The second kappa shape index (κ2) is 4.82. The van der Waals surface area contributed by atoms with E-state index < -0.39 is 0 Å². The highest BCUT2D eigenvalue weighted by molar-refractivity contribution is 7.80. The molecular weight excluding hydrogens is 194 g/mol. The highest BCUT2D eigenvalue weighted by atomic mass is 32.1. The van der Waals surface area contributed by atoms with Crippen LogP contribution in [-0.4, -0.2) is 25.8 Å². The minimum Gasteiger partial charge on any atom is -0.374 e. The second-order valence-corrected chi connectivity index (χ2v) is 4.03. The summed E-state index contributed by atoms with van der Waals surface area (Å²) in [6.07, 6.45) is 0.189. The molecule has 0 spiro atoms. The first-order valence-corrected chi connectivity index (χ1v) is 5.45. The fourth-order valence-corrected chi connectivity index (χ4v) is 2.02. The zero-order valence-electron chi connectivity index (χ0n) is 8.02. The summed E-state index contributed by atoms with van der Waals surface area (Å²) in [4.78, 5) is 0. The number of hydrogen-bond acceptors (Lipinski definition) is 3. The van der Waals surface area contributed by atoms with Gasteiger partial charge in [-0.15, -0.1) is 0 Å². The number of ether oxygens (including phenoxy) is 1. The van der Waals surface area contributed by atoms with Crippen molar-refractivity contribution in [2.24, 2.45) is 0 Å². The molecule has 76 valence electrons. The molecule has 1 N–H and O–H groups in total. The van der Waals surface area contributed by atoms with Gasteiger partial charge in [-0.05, 0) is 5.56 Å². The molecule has 0 aliphatic carbocycles. The zero-order valence-corrected chi connectivity index (χ0v) is 8.91. The van der Waals surface area contributed by atoms with Crippen LogP contribution in [0.4, 0.5) is 0 Å². The van der Waals surface area contributed by atoms with Crippen LogP contribution in [0.3, 0.4) is 0 Å². The summed E-state index contributed by atoms with van der Waals surface area (Å²) in [5, 5.41) is 3.48. The van der Waals surface area contributed by atoms with Gasteiger partial charge in [0.15, 0.2) is 0 Å². The molecular formula is C11H15NOS. The fourth-order valence-electron chi connectivity index (χ4n) is 1.65. The molecule has 1 saturated heterocycles. The molecule has 0 unspecified atom stereocenters. The predicted octanol–water partition coefficient (Wildman–Crippen LogP) is 1.65. The van der Waals surface area contributed by atoms with Crippen LogP contribution in [0.5, 0.6) is 0 Å². The van der Waals surface area contributed by atoms with Gasteiger partial charge in [-0.25, -0.2) is 0 Å². The van der Waals surface area contributed by atoms with E-state index in [2.05, 4.69) is 30.1 Å². The van der Waals surface area contributed by atoms with Crippen molar-refractivity contribution < 1.29 is 4.74 Å². The highest BCUT2D eigenvalue weighted by Crippen LogP contribution is 2.26. The summed E-state index contributed by atoms with van der Waals surface area (Å²) < 4.78 is 5.66. The Bertz CT molecular complexity index is 272. The number of morpholine rings is 1. The Balaban J connectivity index is 2.03. The SMILES string of the molecule is S[C@@H](c1ccccc1)[C@@H]1CNCCO1. The minimum absolute atomic E-state index is 0.170. The van der Waals surface area contributed by atoms with Crippen LogP contribution in [0.25, 0.3) is 0 Å². The van der Waals surface area contributed by atoms with E-state index in [1.165, 1.54) is 5.56 Å². The van der Waals surface area contributed by atoms with Crippen molar-refractivity contribution >= 4 is 12.6 Å². The van der Waals surface area contributed by atoms with Gasteiger partial charge in [0.2, 0.25) is 0 Å². The average Bonchev–Trinajstić information content (AvgIpc) is 2.30. The van der Waals surface area contributed by atoms with Crippen LogP contribution in [0.2, 0.25) is 0 Å². The summed E-state index contributed by atoms with van der Waals surface area (Å²) >= 11 is 4.60. The van der Waals surface area contributed by atoms with Crippen LogP contribution in [0.1, 0.15) is 10.8 Å². The molecule has 0 radical (unpaired) electrons. The molecule has 1 heterocycles. The van der Waals surface area contributed by atoms with Crippen LogP contribution >= 0.6 is 12.6 Å². The van der Waals surface area contributed by atoms with Gasteiger partial charge >= 0.3 is 0 Å². The van der Waals surface area contributed by atoms with Crippen molar-refractivity contribution in [3.8, 4) is 0 Å². The first-order chi connectivity index (χ1) is 6.88. The molecule has 2 rings (SSSR count). The molecule has 2 nitrogen and oxygen atoms in total. The Morgan fingerprint density at radius 2 is 2.14 bits per heavy atom. The van der Waals surface area contributed by atoms with Crippen LogP contribution in [0.15, 0.2) is 30.3 Å². The van der Waals surface area contributed by atoms with E-state index in [0.29, 0.717) is 0 Å². The molecule has 3 heteroatoms. The first kappa shape index (κ1) is 10.0. The lowest BCUT2D eigenvalue weighted by molar-refractivity contribution is 0.0276. The van der Waals surface area contributed by atoms with E-state index in [0.717, 1.165) is 19.7 Å². The van der Waals surface area contributed by atoms with Crippen LogP contribution in [0, 0.1) is 0 Å². The summed E-state index contributed by atoms with van der Waals surface area (Å²) in [6.45, 7) is 2.63. The van der Waals surface area contributed by atoms with Crippen molar-refractivity contribution in [3.63, 3.8) is 0 Å². The predicted molar refractivity (Wildman–Crippen MR) is 60.8 cm³/mol. The first-order valence-electron chi connectivity index (χ1n) is 4.93. The molecule has 1 aromatic rings. The number of benzene rings is 1. The quantitative estimate of drug-likeness (QED) is 0.723. The standard InChI is InChI=1S/C11H15NOS/c14-11(9-4-2-1-3-5-9)10-8-12-6-7-13-10/h1-5,10-12,14H,6-8H2/t10-,11-/m0/s1. The highest BCUT2D eigenvalue weighted by Gasteiger charge is 2.22. The third kappa shape index (κ3) is 2.29. The third-order valence-electron chi connectivity index (χ3n) is 2.45. The molecule has 0 saturated carbocycles. The molecule has 14 heavy (non-hydrogen) atoms. The molecule has 0 bridgehead atoms. The maximum Gasteiger partial charge on any atom is 0.0856 e. The summed E-state index contributed by atoms with van der Waals surface area (Å²) in [7, 11) is 0. The Hall–Kier alpha value is -0.510. The van der Waals surface area contributed by atoms with E-state index in [1.54, 1.807) is 0 Å². The van der Waals surface area contributed by atoms with Gasteiger partial charge in [0.1, 0.15) is 0 Å². The summed E-state index contributed by atoms with van der Waals surface area (Å²) in [5.41, 5.74) is 1.23. The van der Waals surface area contributed by atoms with Crippen LogP contribution < -0.4 is 5.32 Å². The van der Waals surface area contributed by atoms with Crippen molar-refractivity contribution in [2.75, 3.05) is 19.7 Å². The van der Waals surface area contributed by atoms with Crippen LogP contribution in [-0.2, 0) is 4.74 Å². The van der Waals surface area contributed by atoms with Gasteiger partial charge in [-0.3, -0.25) is 0 Å². The fraction of sp³-hybridized carbons (Fsp3) is 0.455. The Morgan fingerprint density at radius 1 is 1.36 bits per heavy atom. The topological polar surface area (TPSA) is 21.3 Å². The normalized spacial score (nSPS) is 24.5. The number of rotatable bonds is 2. The van der Waals surface area contributed by atoms with Crippen molar-refractivity contribution in [1.82, 2.24) is 5.32 Å². The smallest absolute Gasteiger partial charge is 0.0856 e. The van der Waals surface area contributed by atoms with E-state index in [9.17, 15) is 0 Å². The van der Waals surface area contributed by atoms with E-state index in [4.69, 9.17) is 4.74 Å². The van der Waals surface area contributed by atoms with Gasteiger partial charge in [-0.2, -0.15) is 12.6 Å². The lowest BCUT2D eigenvalue weighted by Crippen LogP contribution is -2.40. The van der Waals surface area contributed by atoms with Gasteiger partial charge < -0.3 is 10.1 Å². The number of hydrogen-bond donors (Lipinski definition) is 2. The maximum absolute atomic E-state index is 5.66. The van der Waals surface area contributed by atoms with E-state index in [-0.39, 0.29) is 11.4 Å². The Labute approximate surface area is 90.1 Å². The van der Waals surface area contributed by atoms with Crippen molar-refractivity contribution in [3.05, 3.63) is 35.9 Å². The lowest BCUT2D eigenvalue weighted by Gasteiger charge is -2.28.